The molecule has 0 saturated carbocycles. The maximum atomic E-state index is 12.9. The summed E-state index contributed by atoms with van der Waals surface area (Å²) in [7, 11) is 3.94. The maximum absolute atomic E-state index is 12.9. The van der Waals surface area contributed by atoms with E-state index in [0.29, 0.717) is 37.2 Å². The minimum Gasteiger partial charge on any atom is -0.348 e. The first-order valence-corrected chi connectivity index (χ1v) is 10.6. The number of hydrogen-bond acceptors (Lipinski definition) is 5. The quantitative estimate of drug-likeness (QED) is 0.760. The third-order valence-electron chi connectivity index (χ3n) is 6.27. The van der Waals surface area contributed by atoms with Crippen LogP contribution in [0.2, 0.25) is 0 Å². The van der Waals surface area contributed by atoms with E-state index in [4.69, 9.17) is 0 Å². The van der Waals surface area contributed by atoms with Crippen molar-refractivity contribution >= 4 is 11.8 Å². The number of likely N-dealkylation sites (N-methyl/N-ethyl adjacent to an activating group) is 1. The van der Waals surface area contributed by atoms with Crippen molar-refractivity contribution in [3.8, 4) is 0 Å². The Labute approximate surface area is 177 Å². The van der Waals surface area contributed by atoms with E-state index in [0.717, 1.165) is 43.0 Å². The fourth-order valence-electron chi connectivity index (χ4n) is 4.45. The van der Waals surface area contributed by atoms with Crippen molar-refractivity contribution in [2.24, 2.45) is 11.8 Å². The summed E-state index contributed by atoms with van der Waals surface area (Å²) in [5.74, 6) is 1.94. The molecule has 1 saturated heterocycles. The molecule has 4 rings (SSSR count). The Kier molecular flexibility index (Phi) is 5.85. The van der Waals surface area contributed by atoms with E-state index in [2.05, 4.69) is 15.5 Å². The van der Waals surface area contributed by atoms with E-state index < -0.39 is 0 Å². The second-order valence-electron chi connectivity index (χ2n) is 8.74. The molecule has 8 heteroatoms. The van der Waals surface area contributed by atoms with Gasteiger partial charge in [-0.2, -0.15) is 0 Å². The first-order valence-electron chi connectivity index (χ1n) is 10.6. The van der Waals surface area contributed by atoms with E-state index in [-0.39, 0.29) is 11.8 Å². The molecule has 1 aromatic heterocycles. The average molecular weight is 411 g/mol. The van der Waals surface area contributed by atoms with Gasteiger partial charge in [-0.05, 0) is 44.0 Å². The Balaban J connectivity index is 1.39. The molecule has 0 spiro atoms. The zero-order chi connectivity index (χ0) is 21.3. The van der Waals surface area contributed by atoms with E-state index in [9.17, 15) is 9.59 Å². The van der Waals surface area contributed by atoms with Gasteiger partial charge in [-0.15, -0.1) is 10.2 Å². The molecule has 2 atom stereocenters. The van der Waals surface area contributed by atoms with Crippen molar-refractivity contribution < 1.29 is 9.59 Å². The van der Waals surface area contributed by atoms with Crippen molar-refractivity contribution in [1.82, 2.24) is 29.9 Å². The van der Waals surface area contributed by atoms with E-state index in [1.807, 2.05) is 59.7 Å². The maximum Gasteiger partial charge on any atom is 0.289 e. The molecular weight excluding hydrogens is 380 g/mol. The van der Waals surface area contributed by atoms with Gasteiger partial charge in [-0.25, -0.2) is 0 Å². The molecule has 1 fully saturated rings. The largest absolute Gasteiger partial charge is 0.348 e. The van der Waals surface area contributed by atoms with Gasteiger partial charge in [0, 0.05) is 39.1 Å². The van der Waals surface area contributed by atoms with Crippen LogP contribution in [0.3, 0.4) is 0 Å². The van der Waals surface area contributed by atoms with Crippen molar-refractivity contribution in [3.63, 3.8) is 0 Å². The minimum absolute atomic E-state index is 0.177. The third-order valence-corrected chi connectivity index (χ3v) is 6.27. The highest BCUT2D eigenvalue weighted by Crippen LogP contribution is 2.33. The predicted molar refractivity (Wildman–Crippen MR) is 113 cm³/mol. The number of nitrogens with zero attached hydrogens (tertiary/aromatic N) is 5. The molecule has 8 nitrogen and oxygen atoms in total. The smallest absolute Gasteiger partial charge is 0.289 e. The van der Waals surface area contributed by atoms with E-state index in [1.165, 1.54) is 0 Å². The van der Waals surface area contributed by atoms with Crippen LogP contribution in [0.1, 0.15) is 27.6 Å². The van der Waals surface area contributed by atoms with Gasteiger partial charge in [0.15, 0.2) is 0 Å². The molecule has 0 bridgehead atoms. The van der Waals surface area contributed by atoms with Gasteiger partial charge in [0.05, 0.1) is 6.42 Å². The molecule has 0 unspecified atom stereocenters. The van der Waals surface area contributed by atoms with Gasteiger partial charge >= 0.3 is 0 Å². The van der Waals surface area contributed by atoms with Crippen LogP contribution in [-0.2, 0) is 24.2 Å². The lowest BCUT2D eigenvalue weighted by Crippen LogP contribution is -2.35. The van der Waals surface area contributed by atoms with Crippen molar-refractivity contribution in [3.05, 3.63) is 47.0 Å². The second kappa shape index (κ2) is 8.55. The molecular formula is C22H30N6O2. The lowest BCUT2D eigenvalue weighted by atomic mass is 9.89. The summed E-state index contributed by atoms with van der Waals surface area (Å²) in [6, 6.07) is 8.05. The summed E-state index contributed by atoms with van der Waals surface area (Å²) in [4.78, 5) is 29.4. The number of carbonyl (C=O) groups excluding carboxylic acids is 2. The van der Waals surface area contributed by atoms with Gasteiger partial charge in [0.25, 0.3) is 5.91 Å². The molecule has 30 heavy (non-hydrogen) atoms. The zero-order valence-corrected chi connectivity index (χ0v) is 18.0. The normalized spacial score (nSPS) is 20.2. The van der Waals surface area contributed by atoms with Crippen molar-refractivity contribution in [2.75, 3.05) is 40.3 Å². The van der Waals surface area contributed by atoms with Crippen LogP contribution >= 0.6 is 0 Å². The Bertz CT molecular complexity index is 937. The third kappa shape index (κ3) is 4.23. The topological polar surface area (TPSA) is 83.4 Å². The summed E-state index contributed by atoms with van der Waals surface area (Å²) >= 11 is 0. The number of nitrogens with one attached hydrogen (secondary N) is 1. The Morgan fingerprint density at radius 2 is 1.90 bits per heavy atom. The van der Waals surface area contributed by atoms with Crippen molar-refractivity contribution in [2.45, 2.75) is 26.3 Å². The number of benzene rings is 1. The number of rotatable bonds is 6. The van der Waals surface area contributed by atoms with Crippen LogP contribution in [0.5, 0.6) is 0 Å². The van der Waals surface area contributed by atoms with Crippen LogP contribution in [0.15, 0.2) is 24.3 Å². The first-order chi connectivity index (χ1) is 14.4. The molecule has 2 aromatic rings. The number of aryl methyl sites for hydroxylation is 1. The van der Waals surface area contributed by atoms with Crippen LogP contribution in [-0.4, -0.2) is 76.7 Å². The monoisotopic (exact) mass is 410 g/mol. The highest BCUT2D eigenvalue weighted by atomic mass is 16.2. The number of hydrogen-bond donors (Lipinski definition) is 1. The molecule has 0 radical (unpaired) electrons. The number of aromatic nitrogens is 3. The van der Waals surface area contributed by atoms with Crippen LogP contribution in [0, 0.1) is 18.8 Å². The Morgan fingerprint density at radius 3 is 2.67 bits per heavy atom. The minimum atomic E-state index is -0.181. The molecule has 0 aliphatic carbocycles. The van der Waals surface area contributed by atoms with Crippen LogP contribution < -0.4 is 5.32 Å². The highest BCUT2D eigenvalue weighted by Gasteiger charge is 2.40. The van der Waals surface area contributed by atoms with Gasteiger partial charge in [-0.3, -0.25) is 9.59 Å². The number of likely N-dealkylation sites (tertiary alicyclic amines) is 1. The fraction of sp³-hybridized carbons (Fsp3) is 0.545. The molecule has 1 N–H and O–H groups in total. The molecule has 2 amide bonds. The summed E-state index contributed by atoms with van der Waals surface area (Å²) in [6.45, 7) is 5.57. The van der Waals surface area contributed by atoms with Crippen molar-refractivity contribution in [1.29, 1.82) is 0 Å². The van der Waals surface area contributed by atoms with Crippen LogP contribution in [0.4, 0.5) is 0 Å². The number of amides is 2. The average Bonchev–Trinajstić information content (AvgIpc) is 3.31. The summed E-state index contributed by atoms with van der Waals surface area (Å²) in [5.41, 5.74) is 2.24. The Morgan fingerprint density at radius 1 is 1.13 bits per heavy atom. The molecule has 2 aliphatic heterocycles. The predicted octanol–water partition coefficient (Wildman–Crippen LogP) is 0.751. The SMILES string of the molecule is Cc1ccccc1CC(=O)N1C[C@@H]2Cc3nnc(C(=O)NCCN(C)C)n3C[C@@H]2C1. The lowest BCUT2D eigenvalue weighted by Gasteiger charge is -2.25. The first kappa shape index (κ1) is 20.5. The highest BCUT2D eigenvalue weighted by molar-refractivity contribution is 5.90. The zero-order valence-electron chi connectivity index (χ0n) is 18.0. The van der Waals surface area contributed by atoms with E-state index in [1.54, 1.807) is 0 Å². The number of carbonyl (C=O) groups is 2. The second-order valence-corrected chi connectivity index (χ2v) is 8.74. The molecule has 2 aliphatic rings. The Hall–Kier alpha value is -2.74. The molecule has 160 valence electrons. The molecule has 3 heterocycles. The van der Waals surface area contributed by atoms with Gasteiger partial charge < -0.3 is 19.7 Å². The standard InChI is InChI=1S/C22H30N6O2/c1-15-6-4-5-7-16(15)11-20(29)27-12-17-10-19-24-25-21(28(19)14-18(17)13-27)22(30)23-8-9-26(2)3/h4-7,17-18H,8-14H2,1-3H3,(H,23,30)/t17-,18-/m0/s1. The van der Waals surface area contributed by atoms with E-state index >= 15 is 0 Å². The summed E-state index contributed by atoms with van der Waals surface area (Å²) < 4.78 is 1.95. The van der Waals surface area contributed by atoms with Gasteiger partial charge in [0.2, 0.25) is 11.7 Å². The number of fused-ring (bicyclic) bond motifs is 2. The summed E-state index contributed by atoms with van der Waals surface area (Å²) in [5, 5.41) is 11.3. The molecule has 1 aromatic carbocycles. The summed E-state index contributed by atoms with van der Waals surface area (Å²) in [6.07, 6.45) is 1.20. The lowest BCUT2D eigenvalue weighted by molar-refractivity contribution is -0.129. The van der Waals surface area contributed by atoms with Crippen LogP contribution in [0.25, 0.3) is 0 Å². The van der Waals surface area contributed by atoms with Gasteiger partial charge in [-0.1, -0.05) is 24.3 Å². The van der Waals surface area contributed by atoms with Gasteiger partial charge in [0.1, 0.15) is 5.82 Å². The fourth-order valence-corrected chi connectivity index (χ4v) is 4.45.